The molecule has 2 fully saturated rings. The number of aromatic nitrogens is 1. The van der Waals surface area contributed by atoms with Crippen LogP contribution in [0.1, 0.15) is 44.2 Å². The maximum atomic E-state index is 12.4. The van der Waals surface area contributed by atoms with Crippen molar-refractivity contribution in [3.63, 3.8) is 0 Å². The SMILES string of the molecule is O=C(C1CCCC1)N1CCC(O)(c2ccccn2)CC1. The normalized spacial score (nSPS) is 22.9. The molecule has 20 heavy (non-hydrogen) atoms. The third-order valence-corrected chi connectivity index (χ3v) is 4.75. The minimum absolute atomic E-state index is 0.232. The number of carbonyl (C=O) groups is 1. The number of amides is 1. The Bertz CT molecular complexity index is 461. The molecule has 4 heteroatoms. The number of rotatable bonds is 2. The lowest BCUT2D eigenvalue weighted by molar-refractivity contribution is -0.140. The van der Waals surface area contributed by atoms with Crippen molar-refractivity contribution in [2.75, 3.05) is 13.1 Å². The molecule has 0 spiro atoms. The Balaban J connectivity index is 1.63. The van der Waals surface area contributed by atoms with Crippen LogP contribution in [0.3, 0.4) is 0 Å². The number of hydrogen-bond acceptors (Lipinski definition) is 3. The summed E-state index contributed by atoms with van der Waals surface area (Å²) in [5.41, 5.74) is -0.138. The highest BCUT2D eigenvalue weighted by molar-refractivity contribution is 5.79. The van der Waals surface area contributed by atoms with E-state index in [1.165, 1.54) is 12.8 Å². The topological polar surface area (TPSA) is 53.4 Å². The van der Waals surface area contributed by atoms with Gasteiger partial charge in [-0.1, -0.05) is 18.9 Å². The van der Waals surface area contributed by atoms with Crippen LogP contribution in [0.25, 0.3) is 0 Å². The first-order chi connectivity index (χ1) is 9.69. The van der Waals surface area contributed by atoms with Gasteiger partial charge < -0.3 is 10.0 Å². The standard InChI is InChI=1S/C16H22N2O2/c19-15(13-5-1-2-6-13)18-11-8-16(20,9-12-18)14-7-3-4-10-17-14/h3-4,7,10,13,20H,1-2,5-6,8-9,11-12H2. The van der Waals surface area contributed by atoms with Gasteiger partial charge in [0.2, 0.25) is 5.91 Å². The van der Waals surface area contributed by atoms with Gasteiger partial charge in [-0.2, -0.15) is 0 Å². The number of piperidine rings is 1. The van der Waals surface area contributed by atoms with Crippen LogP contribution in [0, 0.1) is 5.92 Å². The number of pyridine rings is 1. The van der Waals surface area contributed by atoms with Crippen LogP contribution in [0.4, 0.5) is 0 Å². The van der Waals surface area contributed by atoms with Gasteiger partial charge in [0.25, 0.3) is 0 Å². The molecule has 1 N–H and O–H groups in total. The molecule has 108 valence electrons. The van der Waals surface area contributed by atoms with Gasteiger partial charge in [0, 0.05) is 25.2 Å². The second-order valence-corrected chi connectivity index (χ2v) is 6.05. The van der Waals surface area contributed by atoms with Gasteiger partial charge in [0.1, 0.15) is 5.60 Å². The van der Waals surface area contributed by atoms with E-state index in [0.717, 1.165) is 18.5 Å². The van der Waals surface area contributed by atoms with E-state index in [9.17, 15) is 9.90 Å². The third kappa shape index (κ3) is 2.57. The van der Waals surface area contributed by atoms with Crippen molar-refractivity contribution < 1.29 is 9.90 Å². The van der Waals surface area contributed by atoms with E-state index < -0.39 is 5.60 Å². The summed E-state index contributed by atoms with van der Waals surface area (Å²) in [6.07, 6.45) is 7.33. The van der Waals surface area contributed by atoms with Crippen LogP contribution >= 0.6 is 0 Å². The average Bonchev–Trinajstić information content (AvgIpc) is 3.02. The largest absolute Gasteiger partial charge is 0.383 e. The summed E-state index contributed by atoms with van der Waals surface area (Å²) in [5.74, 6) is 0.529. The molecular formula is C16H22N2O2. The van der Waals surface area contributed by atoms with Gasteiger partial charge in [0.15, 0.2) is 0 Å². The van der Waals surface area contributed by atoms with Crippen LogP contribution < -0.4 is 0 Å². The van der Waals surface area contributed by atoms with E-state index in [1.54, 1.807) is 6.20 Å². The molecule has 4 nitrogen and oxygen atoms in total. The summed E-state index contributed by atoms with van der Waals surface area (Å²) in [7, 11) is 0. The quantitative estimate of drug-likeness (QED) is 0.898. The summed E-state index contributed by atoms with van der Waals surface area (Å²) in [5, 5.41) is 10.7. The third-order valence-electron chi connectivity index (χ3n) is 4.75. The molecule has 1 aromatic rings. The lowest BCUT2D eigenvalue weighted by Crippen LogP contribution is -2.47. The Labute approximate surface area is 119 Å². The predicted octanol–water partition coefficient (Wildman–Crippen LogP) is 2.08. The van der Waals surface area contributed by atoms with E-state index in [2.05, 4.69) is 4.98 Å². The highest BCUT2D eigenvalue weighted by atomic mass is 16.3. The van der Waals surface area contributed by atoms with Crippen molar-refractivity contribution in [3.8, 4) is 0 Å². The Hall–Kier alpha value is -1.42. The smallest absolute Gasteiger partial charge is 0.225 e. The summed E-state index contributed by atoms with van der Waals surface area (Å²) < 4.78 is 0. The maximum absolute atomic E-state index is 12.4. The number of aliphatic hydroxyl groups is 1. The Morgan fingerprint density at radius 3 is 2.55 bits per heavy atom. The highest BCUT2D eigenvalue weighted by Gasteiger charge is 2.38. The fourth-order valence-corrected chi connectivity index (χ4v) is 3.42. The Morgan fingerprint density at radius 2 is 1.95 bits per heavy atom. The zero-order chi connectivity index (χ0) is 14.0. The fraction of sp³-hybridized carbons (Fsp3) is 0.625. The molecule has 0 bridgehead atoms. The molecule has 1 aliphatic carbocycles. The minimum Gasteiger partial charge on any atom is -0.383 e. The monoisotopic (exact) mass is 274 g/mol. The Morgan fingerprint density at radius 1 is 1.25 bits per heavy atom. The molecule has 1 saturated carbocycles. The van der Waals surface area contributed by atoms with Crippen molar-refractivity contribution >= 4 is 5.91 Å². The second-order valence-electron chi connectivity index (χ2n) is 6.05. The highest BCUT2D eigenvalue weighted by Crippen LogP contribution is 2.33. The molecule has 1 aliphatic heterocycles. The maximum Gasteiger partial charge on any atom is 0.225 e. The van der Waals surface area contributed by atoms with Crippen LogP contribution in [-0.4, -0.2) is 34.0 Å². The molecule has 0 aromatic carbocycles. The van der Waals surface area contributed by atoms with E-state index in [-0.39, 0.29) is 5.92 Å². The molecule has 2 heterocycles. The van der Waals surface area contributed by atoms with E-state index in [0.29, 0.717) is 31.8 Å². The second kappa shape index (κ2) is 5.52. The molecule has 2 aliphatic rings. The zero-order valence-electron chi connectivity index (χ0n) is 11.8. The van der Waals surface area contributed by atoms with Crippen molar-refractivity contribution in [1.29, 1.82) is 0 Å². The van der Waals surface area contributed by atoms with Gasteiger partial charge in [-0.3, -0.25) is 9.78 Å². The van der Waals surface area contributed by atoms with Gasteiger partial charge in [0.05, 0.1) is 5.69 Å². The number of nitrogens with zero attached hydrogens (tertiary/aromatic N) is 2. The number of hydrogen-bond donors (Lipinski definition) is 1. The van der Waals surface area contributed by atoms with Crippen LogP contribution in [0.5, 0.6) is 0 Å². The molecule has 1 aromatic heterocycles. The van der Waals surface area contributed by atoms with E-state index in [1.807, 2.05) is 23.1 Å². The molecule has 1 saturated heterocycles. The van der Waals surface area contributed by atoms with E-state index >= 15 is 0 Å². The van der Waals surface area contributed by atoms with Crippen molar-refractivity contribution in [2.24, 2.45) is 5.92 Å². The predicted molar refractivity (Wildman–Crippen MR) is 75.9 cm³/mol. The fourth-order valence-electron chi connectivity index (χ4n) is 3.42. The lowest BCUT2D eigenvalue weighted by Gasteiger charge is -2.38. The molecule has 3 rings (SSSR count). The first-order valence-corrected chi connectivity index (χ1v) is 7.62. The molecule has 0 atom stereocenters. The number of likely N-dealkylation sites (tertiary alicyclic amines) is 1. The summed E-state index contributed by atoms with van der Waals surface area (Å²) in [6.45, 7) is 1.28. The first-order valence-electron chi connectivity index (χ1n) is 7.62. The summed E-state index contributed by atoms with van der Waals surface area (Å²) in [4.78, 5) is 18.6. The van der Waals surface area contributed by atoms with Crippen LogP contribution in [0.2, 0.25) is 0 Å². The lowest BCUT2D eigenvalue weighted by atomic mass is 9.87. The van der Waals surface area contributed by atoms with Gasteiger partial charge in [-0.05, 0) is 37.8 Å². The first kappa shape index (κ1) is 13.6. The molecule has 0 unspecified atom stereocenters. The summed E-state index contributed by atoms with van der Waals surface area (Å²) >= 11 is 0. The number of carbonyl (C=O) groups excluding carboxylic acids is 1. The van der Waals surface area contributed by atoms with Crippen LogP contribution in [0.15, 0.2) is 24.4 Å². The summed E-state index contributed by atoms with van der Waals surface area (Å²) in [6, 6.07) is 5.62. The minimum atomic E-state index is -0.867. The van der Waals surface area contributed by atoms with Crippen molar-refractivity contribution in [2.45, 2.75) is 44.1 Å². The van der Waals surface area contributed by atoms with Gasteiger partial charge in [-0.25, -0.2) is 0 Å². The average molecular weight is 274 g/mol. The Kier molecular flexibility index (Phi) is 3.74. The van der Waals surface area contributed by atoms with E-state index in [4.69, 9.17) is 0 Å². The van der Waals surface area contributed by atoms with Crippen molar-refractivity contribution in [3.05, 3.63) is 30.1 Å². The van der Waals surface area contributed by atoms with Gasteiger partial charge >= 0.3 is 0 Å². The molecule has 0 radical (unpaired) electrons. The van der Waals surface area contributed by atoms with Crippen molar-refractivity contribution in [1.82, 2.24) is 9.88 Å². The molecule has 1 amide bonds. The van der Waals surface area contributed by atoms with Gasteiger partial charge in [-0.15, -0.1) is 0 Å². The molecular weight excluding hydrogens is 252 g/mol. The zero-order valence-corrected chi connectivity index (χ0v) is 11.8. The van der Waals surface area contributed by atoms with Crippen LogP contribution in [-0.2, 0) is 10.4 Å².